The van der Waals surface area contributed by atoms with Crippen LogP contribution in [0.25, 0.3) is 0 Å². The minimum atomic E-state index is -4.60. The number of carbonyl (C=O) groups is 2. The quantitative estimate of drug-likeness (QED) is 0.528. The van der Waals surface area contributed by atoms with E-state index in [1.807, 2.05) is 0 Å². The zero-order valence-corrected chi connectivity index (χ0v) is 21.3. The molecule has 0 saturated carbocycles. The standard InChI is InChI=1S/C27H32F3N3O4/c1-26(2,3)37-25(35)33-11-8-18-6-7-19(14-23(18)33)24(34)31-21-15-20(27(28,29)30)16-22(17-21)36-13-12-32-9-4-5-10-32/h6-7,14-17H,4-5,8-13H2,1-3H3,(H,31,34). The first-order valence-electron chi connectivity index (χ1n) is 12.4. The Bertz CT molecular complexity index is 1150. The number of likely N-dealkylation sites (tertiary alicyclic amines) is 1. The highest BCUT2D eigenvalue weighted by Crippen LogP contribution is 2.35. The lowest BCUT2D eigenvalue weighted by Crippen LogP contribution is -2.35. The molecule has 2 aromatic rings. The molecular weight excluding hydrogens is 487 g/mol. The van der Waals surface area contributed by atoms with Crippen molar-refractivity contribution in [3.63, 3.8) is 0 Å². The van der Waals surface area contributed by atoms with Crippen LogP contribution in [0.3, 0.4) is 0 Å². The molecule has 7 nitrogen and oxygen atoms in total. The number of carbonyl (C=O) groups excluding carboxylic acids is 2. The van der Waals surface area contributed by atoms with Crippen LogP contribution in [-0.2, 0) is 17.3 Å². The minimum Gasteiger partial charge on any atom is -0.492 e. The fourth-order valence-corrected chi connectivity index (χ4v) is 4.45. The van der Waals surface area contributed by atoms with Crippen molar-refractivity contribution in [3.8, 4) is 5.75 Å². The van der Waals surface area contributed by atoms with Crippen LogP contribution >= 0.6 is 0 Å². The molecule has 0 spiro atoms. The highest BCUT2D eigenvalue weighted by atomic mass is 19.4. The van der Waals surface area contributed by atoms with Gasteiger partial charge in [-0.05, 0) is 83.0 Å². The van der Waals surface area contributed by atoms with E-state index in [9.17, 15) is 22.8 Å². The van der Waals surface area contributed by atoms with Crippen LogP contribution in [0.1, 0.15) is 55.1 Å². The number of hydrogen-bond donors (Lipinski definition) is 1. The Morgan fingerprint density at radius 2 is 1.73 bits per heavy atom. The van der Waals surface area contributed by atoms with E-state index in [-0.39, 0.29) is 23.6 Å². The van der Waals surface area contributed by atoms with Gasteiger partial charge in [-0.1, -0.05) is 6.07 Å². The summed E-state index contributed by atoms with van der Waals surface area (Å²) in [5.74, 6) is -0.560. The smallest absolute Gasteiger partial charge is 0.416 e. The minimum absolute atomic E-state index is 0.0273. The van der Waals surface area contributed by atoms with E-state index in [1.165, 1.54) is 11.0 Å². The zero-order chi connectivity index (χ0) is 26.8. The van der Waals surface area contributed by atoms with E-state index >= 15 is 0 Å². The summed E-state index contributed by atoms with van der Waals surface area (Å²) in [6.07, 6.45) is -2.29. The summed E-state index contributed by atoms with van der Waals surface area (Å²) in [6.45, 7) is 8.52. The van der Waals surface area contributed by atoms with E-state index in [1.54, 1.807) is 39.0 Å². The molecule has 37 heavy (non-hydrogen) atoms. The van der Waals surface area contributed by atoms with Crippen LogP contribution in [0.2, 0.25) is 0 Å². The van der Waals surface area contributed by atoms with Gasteiger partial charge in [-0.3, -0.25) is 14.6 Å². The number of nitrogens with zero attached hydrogens (tertiary/aromatic N) is 2. The largest absolute Gasteiger partial charge is 0.492 e. The lowest BCUT2D eigenvalue weighted by molar-refractivity contribution is -0.137. The maximum atomic E-state index is 13.5. The number of fused-ring (bicyclic) bond motifs is 1. The molecule has 1 fully saturated rings. The van der Waals surface area contributed by atoms with Gasteiger partial charge in [0.2, 0.25) is 0 Å². The van der Waals surface area contributed by atoms with Crippen molar-refractivity contribution in [1.82, 2.24) is 4.90 Å². The van der Waals surface area contributed by atoms with Gasteiger partial charge in [-0.2, -0.15) is 13.2 Å². The predicted octanol–water partition coefficient (Wildman–Crippen LogP) is 5.73. The molecule has 2 heterocycles. The monoisotopic (exact) mass is 519 g/mol. The zero-order valence-electron chi connectivity index (χ0n) is 21.3. The third kappa shape index (κ3) is 6.94. The van der Waals surface area contributed by atoms with E-state index in [4.69, 9.17) is 9.47 Å². The van der Waals surface area contributed by atoms with Gasteiger partial charge in [0.1, 0.15) is 18.0 Å². The molecule has 0 aliphatic carbocycles. The van der Waals surface area contributed by atoms with Crippen molar-refractivity contribution in [1.29, 1.82) is 0 Å². The number of anilines is 2. The van der Waals surface area contributed by atoms with Crippen molar-refractivity contribution in [3.05, 3.63) is 53.1 Å². The number of ether oxygens (including phenoxy) is 2. The van der Waals surface area contributed by atoms with Crippen LogP contribution in [0.15, 0.2) is 36.4 Å². The van der Waals surface area contributed by atoms with Crippen LogP contribution < -0.4 is 15.0 Å². The number of hydrogen-bond acceptors (Lipinski definition) is 5. The number of alkyl halides is 3. The molecule has 2 aliphatic rings. The van der Waals surface area contributed by atoms with Crippen molar-refractivity contribution < 1.29 is 32.2 Å². The van der Waals surface area contributed by atoms with Crippen LogP contribution in [0.5, 0.6) is 5.75 Å². The second-order valence-corrected chi connectivity index (χ2v) is 10.3. The van der Waals surface area contributed by atoms with Crippen molar-refractivity contribution in [2.24, 2.45) is 0 Å². The second kappa shape index (κ2) is 10.6. The van der Waals surface area contributed by atoms with E-state index in [2.05, 4.69) is 10.2 Å². The SMILES string of the molecule is CC(C)(C)OC(=O)N1CCc2ccc(C(=O)Nc3cc(OCCN4CCCC4)cc(C(F)(F)F)c3)cc21. The van der Waals surface area contributed by atoms with Gasteiger partial charge in [0.05, 0.1) is 11.3 Å². The fourth-order valence-electron chi connectivity index (χ4n) is 4.45. The lowest BCUT2D eigenvalue weighted by atomic mass is 10.1. The molecule has 1 N–H and O–H groups in total. The second-order valence-electron chi connectivity index (χ2n) is 10.3. The molecule has 10 heteroatoms. The topological polar surface area (TPSA) is 71.1 Å². The number of nitrogens with one attached hydrogen (secondary N) is 1. The van der Waals surface area contributed by atoms with Crippen LogP contribution in [-0.4, -0.2) is 55.3 Å². The number of amides is 2. The van der Waals surface area contributed by atoms with E-state index < -0.39 is 29.3 Å². The Labute approximate surface area is 214 Å². The Hall–Kier alpha value is -3.27. The average Bonchev–Trinajstić information content (AvgIpc) is 3.46. The van der Waals surface area contributed by atoms with Gasteiger partial charge in [-0.15, -0.1) is 0 Å². The van der Waals surface area contributed by atoms with Gasteiger partial charge in [0.15, 0.2) is 0 Å². The maximum absolute atomic E-state index is 13.5. The highest BCUT2D eigenvalue weighted by molar-refractivity contribution is 6.06. The van der Waals surface area contributed by atoms with E-state index in [0.29, 0.717) is 25.2 Å². The highest BCUT2D eigenvalue weighted by Gasteiger charge is 2.32. The van der Waals surface area contributed by atoms with Gasteiger partial charge < -0.3 is 14.8 Å². The maximum Gasteiger partial charge on any atom is 0.416 e. The molecular formula is C27H32F3N3O4. The molecule has 2 aliphatic heterocycles. The molecule has 0 radical (unpaired) electrons. The summed E-state index contributed by atoms with van der Waals surface area (Å²) in [4.78, 5) is 29.3. The predicted molar refractivity (Wildman–Crippen MR) is 134 cm³/mol. The first-order valence-corrected chi connectivity index (χ1v) is 12.4. The Morgan fingerprint density at radius 1 is 1.00 bits per heavy atom. The summed E-state index contributed by atoms with van der Waals surface area (Å²) >= 11 is 0. The summed E-state index contributed by atoms with van der Waals surface area (Å²) in [5.41, 5.74) is 0.0363. The molecule has 2 aromatic carbocycles. The van der Waals surface area contributed by atoms with Gasteiger partial charge in [0.25, 0.3) is 5.91 Å². The fraction of sp³-hybridized carbons (Fsp3) is 0.481. The Balaban J connectivity index is 1.50. The summed E-state index contributed by atoms with van der Waals surface area (Å²) in [7, 11) is 0. The van der Waals surface area contributed by atoms with Gasteiger partial charge in [-0.25, -0.2) is 4.79 Å². The van der Waals surface area contributed by atoms with Crippen LogP contribution in [0, 0.1) is 0 Å². The molecule has 200 valence electrons. The normalized spacial score (nSPS) is 16.0. The molecule has 0 unspecified atom stereocenters. The third-order valence-corrected chi connectivity index (χ3v) is 6.22. The Kier molecular flexibility index (Phi) is 7.68. The molecule has 0 bridgehead atoms. The van der Waals surface area contributed by atoms with Gasteiger partial charge in [0, 0.05) is 30.4 Å². The first-order chi connectivity index (χ1) is 17.4. The van der Waals surface area contributed by atoms with Gasteiger partial charge >= 0.3 is 12.3 Å². The summed E-state index contributed by atoms with van der Waals surface area (Å²) < 4.78 is 51.7. The average molecular weight is 520 g/mol. The number of rotatable bonds is 6. The third-order valence-electron chi connectivity index (χ3n) is 6.22. The molecule has 2 amide bonds. The van der Waals surface area contributed by atoms with Crippen molar-refractivity contribution in [2.75, 3.05) is 43.0 Å². The van der Waals surface area contributed by atoms with Crippen molar-refractivity contribution >= 4 is 23.4 Å². The molecule has 0 atom stereocenters. The van der Waals surface area contributed by atoms with Crippen LogP contribution in [0.4, 0.5) is 29.3 Å². The summed E-state index contributed by atoms with van der Waals surface area (Å²) in [5, 5.41) is 2.55. The number of halogens is 3. The Morgan fingerprint density at radius 3 is 2.41 bits per heavy atom. The van der Waals surface area contributed by atoms with E-state index in [0.717, 1.165) is 43.6 Å². The summed E-state index contributed by atoms with van der Waals surface area (Å²) in [6, 6.07) is 8.10. The molecule has 1 saturated heterocycles. The first kappa shape index (κ1) is 26.8. The lowest BCUT2D eigenvalue weighted by Gasteiger charge is -2.25. The molecule has 0 aromatic heterocycles. The van der Waals surface area contributed by atoms with Crippen molar-refractivity contribution in [2.45, 2.75) is 51.8 Å². The molecule has 4 rings (SSSR count). The number of benzene rings is 2.